The Balaban J connectivity index is 2.24. The van der Waals surface area contributed by atoms with E-state index in [1.165, 1.54) is 0 Å². The Kier molecular flexibility index (Phi) is 4.11. The van der Waals surface area contributed by atoms with Crippen LogP contribution >= 0.6 is 15.9 Å². The first-order chi connectivity index (χ1) is 9.06. The van der Waals surface area contributed by atoms with Crippen LogP contribution in [0.4, 0.5) is 17.1 Å². The van der Waals surface area contributed by atoms with E-state index in [-0.39, 0.29) is 5.75 Å². The number of anilines is 1. The fourth-order valence-corrected chi connectivity index (χ4v) is 1.79. The molecule has 0 saturated heterocycles. The molecule has 0 unspecified atom stereocenters. The van der Waals surface area contributed by atoms with Crippen molar-refractivity contribution in [2.75, 3.05) is 19.0 Å². The van der Waals surface area contributed by atoms with Crippen molar-refractivity contribution in [3.05, 3.63) is 41.1 Å². The average Bonchev–Trinajstić information content (AvgIpc) is 2.37. The molecule has 1 aromatic carbocycles. The molecule has 98 valence electrons. The first-order valence-corrected chi connectivity index (χ1v) is 6.39. The molecule has 0 radical (unpaired) electrons. The second-order valence-electron chi connectivity index (χ2n) is 4.10. The van der Waals surface area contributed by atoms with E-state index in [9.17, 15) is 5.11 Å². The zero-order valence-electron chi connectivity index (χ0n) is 10.6. The maximum absolute atomic E-state index is 9.87. The predicted octanol–water partition coefficient (Wildman–Crippen LogP) is 4.03. The van der Waals surface area contributed by atoms with Crippen LogP contribution in [-0.2, 0) is 0 Å². The van der Waals surface area contributed by atoms with E-state index in [2.05, 4.69) is 31.1 Å². The number of azo groups is 1. The summed E-state index contributed by atoms with van der Waals surface area (Å²) in [5.74, 6) is 0.100. The highest BCUT2D eigenvalue weighted by molar-refractivity contribution is 9.10. The highest BCUT2D eigenvalue weighted by atomic mass is 79.9. The van der Waals surface area contributed by atoms with E-state index in [1.54, 1.807) is 30.5 Å². The van der Waals surface area contributed by atoms with Crippen LogP contribution < -0.4 is 4.90 Å². The molecule has 1 N–H and O–H groups in total. The third-order valence-electron chi connectivity index (χ3n) is 2.46. The largest absolute Gasteiger partial charge is 0.506 e. The Morgan fingerprint density at radius 2 is 1.95 bits per heavy atom. The van der Waals surface area contributed by atoms with E-state index in [4.69, 9.17) is 0 Å². The number of aromatic nitrogens is 1. The van der Waals surface area contributed by atoms with Crippen LogP contribution in [0.5, 0.6) is 5.75 Å². The van der Waals surface area contributed by atoms with Gasteiger partial charge in [0.15, 0.2) is 0 Å². The molecule has 0 fully saturated rings. The molecule has 0 aliphatic heterocycles. The van der Waals surface area contributed by atoms with Crippen LogP contribution in [-0.4, -0.2) is 24.2 Å². The van der Waals surface area contributed by atoms with Gasteiger partial charge in [-0.2, -0.15) is 5.11 Å². The normalized spacial score (nSPS) is 10.9. The predicted molar refractivity (Wildman–Crippen MR) is 78.5 cm³/mol. The first-order valence-electron chi connectivity index (χ1n) is 5.60. The quantitative estimate of drug-likeness (QED) is 0.686. The molecule has 6 heteroatoms. The van der Waals surface area contributed by atoms with Gasteiger partial charge in [0.1, 0.15) is 16.0 Å². The molecule has 0 atom stereocenters. The fourth-order valence-electron chi connectivity index (χ4n) is 1.44. The number of pyridine rings is 1. The smallest absolute Gasteiger partial charge is 0.145 e. The Bertz CT molecular complexity index is 613. The summed E-state index contributed by atoms with van der Waals surface area (Å²) in [6, 6.07) is 8.73. The molecule has 0 aliphatic carbocycles. The van der Waals surface area contributed by atoms with Gasteiger partial charge >= 0.3 is 0 Å². The molecule has 5 nitrogen and oxygen atoms in total. The second kappa shape index (κ2) is 5.79. The minimum atomic E-state index is 0.100. The lowest BCUT2D eigenvalue weighted by atomic mass is 10.2. The first kappa shape index (κ1) is 13.5. The molecule has 2 rings (SSSR count). The molecule has 0 saturated carbocycles. The van der Waals surface area contributed by atoms with Crippen LogP contribution in [0.1, 0.15) is 0 Å². The molecule has 1 aromatic heterocycles. The summed E-state index contributed by atoms with van der Waals surface area (Å²) < 4.78 is 0.691. The minimum Gasteiger partial charge on any atom is -0.506 e. The maximum atomic E-state index is 9.87. The highest BCUT2D eigenvalue weighted by Crippen LogP contribution is 2.31. The molecule has 0 bridgehead atoms. The van der Waals surface area contributed by atoms with Gasteiger partial charge in [0.2, 0.25) is 0 Å². The molecule has 2 aromatic rings. The van der Waals surface area contributed by atoms with Crippen molar-refractivity contribution in [1.29, 1.82) is 0 Å². The summed E-state index contributed by atoms with van der Waals surface area (Å²) in [6.07, 6.45) is 1.63. The molecule has 1 heterocycles. The maximum Gasteiger partial charge on any atom is 0.145 e. The fraction of sp³-hybridized carbons (Fsp3) is 0.154. The lowest BCUT2D eigenvalue weighted by Gasteiger charge is -2.12. The van der Waals surface area contributed by atoms with Crippen molar-refractivity contribution in [3.8, 4) is 5.75 Å². The van der Waals surface area contributed by atoms with Crippen molar-refractivity contribution >= 4 is 33.0 Å². The Morgan fingerprint density at radius 3 is 2.58 bits per heavy atom. The lowest BCUT2D eigenvalue weighted by Crippen LogP contribution is -2.07. The van der Waals surface area contributed by atoms with Crippen molar-refractivity contribution in [2.24, 2.45) is 10.2 Å². The van der Waals surface area contributed by atoms with Gasteiger partial charge in [-0.05, 0) is 40.2 Å². The zero-order valence-corrected chi connectivity index (χ0v) is 12.2. The molecule has 0 aliphatic rings. The van der Waals surface area contributed by atoms with Crippen molar-refractivity contribution in [3.63, 3.8) is 0 Å². The van der Waals surface area contributed by atoms with Gasteiger partial charge in [0, 0.05) is 32.0 Å². The molecular weight excluding hydrogens is 308 g/mol. The Hall–Kier alpha value is -1.95. The van der Waals surface area contributed by atoms with Crippen LogP contribution in [0, 0.1) is 0 Å². The van der Waals surface area contributed by atoms with Gasteiger partial charge in [0.05, 0.1) is 5.69 Å². The SMILES string of the molecule is CN(C)c1ccc(N=Nc2ccnc(Br)c2)c(O)c1. The summed E-state index contributed by atoms with van der Waals surface area (Å²) in [5.41, 5.74) is 2.00. The van der Waals surface area contributed by atoms with E-state index >= 15 is 0 Å². The number of phenols is 1. The van der Waals surface area contributed by atoms with E-state index in [1.807, 2.05) is 25.1 Å². The summed E-state index contributed by atoms with van der Waals surface area (Å²) in [6.45, 7) is 0. The number of phenolic OH excluding ortho intramolecular Hbond substituents is 1. The average molecular weight is 321 g/mol. The molecular formula is C13H13BrN4O. The van der Waals surface area contributed by atoms with E-state index in [0.717, 1.165) is 5.69 Å². The number of hydrogen-bond acceptors (Lipinski definition) is 5. The number of hydrogen-bond donors (Lipinski definition) is 1. The summed E-state index contributed by atoms with van der Waals surface area (Å²) >= 11 is 3.26. The third kappa shape index (κ3) is 3.51. The topological polar surface area (TPSA) is 61.1 Å². The van der Waals surface area contributed by atoms with Crippen LogP contribution in [0.3, 0.4) is 0 Å². The number of nitrogens with zero attached hydrogens (tertiary/aromatic N) is 4. The van der Waals surface area contributed by atoms with Gasteiger partial charge in [-0.3, -0.25) is 0 Å². The van der Waals surface area contributed by atoms with Gasteiger partial charge < -0.3 is 10.0 Å². The molecule has 0 spiro atoms. The monoisotopic (exact) mass is 320 g/mol. The number of aromatic hydroxyl groups is 1. The van der Waals surface area contributed by atoms with E-state index in [0.29, 0.717) is 16.0 Å². The van der Waals surface area contributed by atoms with Gasteiger partial charge in [-0.25, -0.2) is 4.98 Å². The highest BCUT2D eigenvalue weighted by Gasteiger charge is 2.03. The summed E-state index contributed by atoms with van der Waals surface area (Å²) in [4.78, 5) is 5.91. The van der Waals surface area contributed by atoms with Crippen LogP contribution in [0.2, 0.25) is 0 Å². The Morgan fingerprint density at radius 1 is 1.16 bits per heavy atom. The molecule has 0 amide bonds. The standard InChI is InChI=1S/C13H13BrN4O/c1-18(2)10-3-4-11(12(19)8-10)17-16-9-5-6-15-13(14)7-9/h3-8,19H,1-2H3. The summed E-state index contributed by atoms with van der Waals surface area (Å²) in [7, 11) is 3.81. The number of halogens is 1. The van der Waals surface area contributed by atoms with E-state index < -0.39 is 0 Å². The van der Waals surface area contributed by atoms with Gasteiger partial charge in [0.25, 0.3) is 0 Å². The van der Waals surface area contributed by atoms with Gasteiger partial charge in [-0.1, -0.05) is 0 Å². The number of benzene rings is 1. The zero-order chi connectivity index (χ0) is 13.8. The second-order valence-corrected chi connectivity index (χ2v) is 4.92. The van der Waals surface area contributed by atoms with Crippen LogP contribution in [0.15, 0.2) is 51.4 Å². The number of rotatable bonds is 3. The van der Waals surface area contributed by atoms with Crippen molar-refractivity contribution in [2.45, 2.75) is 0 Å². The van der Waals surface area contributed by atoms with Crippen molar-refractivity contribution < 1.29 is 5.11 Å². The lowest BCUT2D eigenvalue weighted by molar-refractivity contribution is 0.476. The van der Waals surface area contributed by atoms with Crippen LogP contribution in [0.25, 0.3) is 0 Å². The minimum absolute atomic E-state index is 0.100. The summed E-state index contributed by atoms with van der Waals surface area (Å²) in [5, 5.41) is 18.0. The molecule has 19 heavy (non-hydrogen) atoms. The Labute approximate surface area is 119 Å². The third-order valence-corrected chi connectivity index (χ3v) is 2.89. The van der Waals surface area contributed by atoms with Crippen molar-refractivity contribution in [1.82, 2.24) is 4.98 Å². The van der Waals surface area contributed by atoms with Gasteiger partial charge in [-0.15, -0.1) is 5.11 Å².